The highest BCUT2D eigenvalue weighted by Crippen LogP contribution is 2.34. The summed E-state index contributed by atoms with van der Waals surface area (Å²) in [5.41, 5.74) is 2.54. The monoisotopic (exact) mass is 378 g/mol. The molecule has 0 bridgehead atoms. The van der Waals surface area contributed by atoms with E-state index in [0.29, 0.717) is 17.6 Å². The lowest BCUT2D eigenvalue weighted by molar-refractivity contribution is -0.134. The molecule has 0 spiro atoms. The molecule has 0 radical (unpaired) electrons. The molecule has 4 nitrogen and oxygen atoms in total. The molecule has 1 unspecified atom stereocenters. The number of hydrogen-bond donors (Lipinski definition) is 1. The van der Waals surface area contributed by atoms with Gasteiger partial charge in [-0.2, -0.15) is 0 Å². The SMILES string of the molecule is CC[C@@H](c1ccccc1)N1CCC(N2CCC(c3ccc(O)cc3)CC2)C1=O. The minimum Gasteiger partial charge on any atom is -0.508 e. The summed E-state index contributed by atoms with van der Waals surface area (Å²) in [6.45, 7) is 4.96. The second kappa shape index (κ2) is 8.36. The average molecular weight is 379 g/mol. The Balaban J connectivity index is 1.38. The van der Waals surface area contributed by atoms with Crippen molar-refractivity contribution in [2.24, 2.45) is 0 Å². The number of piperidine rings is 1. The van der Waals surface area contributed by atoms with Gasteiger partial charge in [-0.25, -0.2) is 0 Å². The molecule has 148 valence electrons. The molecule has 1 amide bonds. The number of phenolic OH excluding ortho intramolecular Hbond substituents is 1. The van der Waals surface area contributed by atoms with E-state index in [-0.39, 0.29) is 12.1 Å². The maximum Gasteiger partial charge on any atom is 0.240 e. The first-order valence-corrected chi connectivity index (χ1v) is 10.6. The molecule has 2 aromatic carbocycles. The van der Waals surface area contributed by atoms with E-state index >= 15 is 0 Å². The van der Waals surface area contributed by atoms with Gasteiger partial charge in [0, 0.05) is 6.54 Å². The van der Waals surface area contributed by atoms with E-state index in [2.05, 4.69) is 41.0 Å². The molecular weight excluding hydrogens is 348 g/mol. The topological polar surface area (TPSA) is 43.8 Å². The number of hydrogen-bond acceptors (Lipinski definition) is 3. The molecule has 2 fully saturated rings. The molecule has 2 aliphatic rings. The number of likely N-dealkylation sites (tertiary alicyclic amines) is 2. The highest BCUT2D eigenvalue weighted by atomic mass is 16.3. The highest BCUT2D eigenvalue weighted by molar-refractivity contribution is 5.84. The Labute approximate surface area is 167 Å². The molecule has 2 saturated heterocycles. The first-order chi connectivity index (χ1) is 13.7. The summed E-state index contributed by atoms with van der Waals surface area (Å²) in [4.78, 5) is 17.7. The van der Waals surface area contributed by atoms with Crippen LogP contribution in [0.2, 0.25) is 0 Å². The van der Waals surface area contributed by atoms with E-state index in [1.165, 1.54) is 11.1 Å². The van der Waals surface area contributed by atoms with Crippen LogP contribution in [0.5, 0.6) is 5.75 Å². The van der Waals surface area contributed by atoms with Gasteiger partial charge in [-0.15, -0.1) is 0 Å². The van der Waals surface area contributed by atoms with E-state index in [4.69, 9.17) is 0 Å². The smallest absolute Gasteiger partial charge is 0.240 e. The summed E-state index contributed by atoms with van der Waals surface area (Å²) in [5, 5.41) is 9.49. The maximum atomic E-state index is 13.2. The van der Waals surface area contributed by atoms with Crippen molar-refractivity contribution in [3.63, 3.8) is 0 Å². The number of carbonyl (C=O) groups excluding carboxylic acids is 1. The summed E-state index contributed by atoms with van der Waals surface area (Å²) in [6.07, 6.45) is 4.03. The number of carbonyl (C=O) groups is 1. The van der Waals surface area contributed by atoms with Crippen LogP contribution in [0.15, 0.2) is 54.6 Å². The van der Waals surface area contributed by atoms with Crippen molar-refractivity contribution in [3.8, 4) is 5.75 Å². The van der Waals surface area contributed by atoms with Gasteiger partial charge in [-0.3, -0.25) is 9.69 Å². The lowest BCUT2D eigenvalue weighted by atomic mass is 9.88. The lowest BCUT2D eigenvalue weighted by Gasteiger charge is -2.36. The van der Waals surface area contributed by atoms with Gasteiger partial charge < -0.3 is 10.0 Å². The summed E-state index contributed by atoms with van der Waals surface area (Å²) in [7, 11) is 0. The normalized spacial score (nSPS) is 22.5. The molecule has 4 heteroatoms. The Hall–Kier alpha value is -2.33. The Morgan fingerprint density at radius 2 is 1.64 bits per heavy atom. The van der Waals surface area contributed by atoms with Crippen LogP contribution in [0.4, 0.5) is 0 Å². The molecule has 1 N–H and O–H groups in total. The predicted octanol–water partition coefficient (Wildman–Crippen LogP) is 4.32. The Bertz CT molecular complexity index is 782. The van der Waals surface area contributed by atoms with E-state index < -0.39 is 0 Å². The van der Waals surface area contributed by atoms with Crippen LogP contribution in [-0.4, -0.2) is 46.5 Å². The standard InChI is InChI=1S/C24H30N2O2/c1-2-22(20-6-4-3-5-7-20)26-17-14-23(24(26)28)25-15-12-19(13-16-25)18-8-10-21(27)11-9-18/h3-11,19,22-23,27H,2,12-17H2,1H3/t22-,23?/m0/s1. The van der Waals surface area contributed by atoms with Crippen LogP contribution in [0.3, 0.4) is 0 Å². The quantitative estimate of drug-likeness (QED) is 0.842. The second-order valence-electron chi connectivity index (χ2n) is 8.07. The molecule has 0 saturated carbocycles. The van der Waals surface area contributed by atoms with Crippen molar-refractivity contribution in [1.82, 2.24) is 9.80 Å². The van der Waals surface area contributed by atoms with Crippen molar-refractivity contribution in [2.75, 3.05) is 19.6 Å². The molecule has 0 aliphatic carbocycles. The number of benzene rings is 2. The maximum absolute atomic E-state index is 13.2. The molecule has 2 aromatic rings. The van der Waals surface area contributed by atoms with Gasteiger partial charge in [-0.1, -0.05) is 49.4 Å². The number of aromatic hydroxyl groups is 1. The fourth-order valence-corrected chi connectivity index (χ4v) is 4.94. The van der Waals surface area contributed by atoms with Crippen molar-refractivity contribution in [3.05, 3.63) is 65.7 Å². The van der Waals surface area contributed by atoms with Crippen LogP contribution >= 0.6 is 0 Å². The van der Waals surface area contributed by atoms with Gasteiger partial charge in [-0.05, 0) is 68.0 Å². The first-order valence-electron chi connectivity index (χ1n) is 10.6. The van der Waals surface area contributed by atoms with Crippen LogP contribution in [-0.2, 0) is 4.79 Å². The number of nitrogens with zero attached hydrogens (tertiary/aromatic N) is 2. The highest BCUT2D eigenvalue weighted by Gasteiger charge is 2.40. The van der Waals surface area contributed by atoms with Gasteiger partial charge >= 0.3 is 0 Å². The van der Waals surface area contributed by atoms with Crippen molar-refractivity contribution in [2.45, 2.75) is 50.6 Å². The molecule has 2 atom stereocenters. The Kier molecular flexibility index (Phi) is 5.67. The predicted molar refractivity (Wildman–Crippen MR) is 111 cm³/mol. The van der Waals surface area contributed by atoms with E-state index in [1.54, 1.807) is 12.1 Å². The Morgan fingerprint density at radius 1 is 0.964 bits per heavy atom. The summed E-state index contributed by atoms with van der Waals surface area (Å²) in [5.74, 6) is 1.15. The minimum absolute atomic E-state index is 0.0403. The zero-order chi connectivity index (χ0) is 19.5. The zero-order valence-electron chi connectivity index (χ0n) is 16.6. The second-order valence-corrected chi connectivity index (χ2v) is 8.07. The molecule has 2 aliphatic heterocycles. The Morgan fingerprint density at radius 3 is 2.29 bits per heavy atom. The average Bonchev–Trinajstić information content (AvgIpc) is 3.11. The van der Waals surface area contributed by atoms with Gasteiger partial charge in [0.15, 0.2) is 0 Å². The number of rotatable bonds is 5. The fraction of sp³-hybridized carbons (Fsp3) is 0.458. The van der Waals surface area contributed by atoms with Gasteiger partial charge in [0.2, 0.25) is 5.91 Å². The van der Waals surface area contributed by atoms with Crippen LogP contribution in [0, 0.1) is 0 Å². The molecule has 4 rings (SSSR count). The van der Waals surface area contributed by atoms with Crippen molar-refractivity contribution < 1.29 is 9.90 Å². The lowest BCUT2D eigenvalue weighted by Crippen LogP contribution is -2.46. The van der Waals surface area contributed by atoms with Crippen LogP contribution < -0.4 is 0 Å². The third-order valence-electron chi connectivity index (χ3n) is 6.49. The van der Waals surface area contributed by atoms with E-state index in [0.717, 1.165) is 45.3 Å². The van der Waals surface area contributed by atoms with Gasteiger partial charge in [0.1, 0.15) is 5.75 Å². The third-order valence-corrected chi connectivity index (χ3v) is 6.49. The first kappa shape index (κ1) is 19.0. The van der Waals surface area contributed by atoms with Crippen LogP contribution in [0.1, 0.15) is 55.7 Å². The van der Waals surface area contributed by atoms with E-state index in [1.807, 2.05) is 18.2 Å². The third kappa shape index (κ3) is 3.79. The van der Waals surface area contributed by atoms with E-state index in [9.17, 15) is 9.90 Å². The molecule has 28 heavy (non-hydrogen) atoms. The minimum atomic E-state index is 0.0403. The fourth-order valence-electron chi connectivity index (χ4n) is 4.94. The summed E-state index contributed by atoms with van der Waals surface area (Å²) >= 11 is 0. The molecule has 0 aromatic heterocycles. The number of phenols is 1. The van der Waals surface area contributed by atoms with Crippen molar-refractivity contribution >= 4 is 5.91 Å². The van der Waals surface area contributed by atoms with Gasteiger partial charge in [0.05, 0.1) is 12.1 Å². The zero-order valence-corrected chi connectivity index (χ0v) is 16.6. The molecule has 2 heterocycles. The summed E-state index contributed by atoms with van der Waals surface area (Å²) < 4.78 is 0. The van der Waals surface area contributed by atoms with Gasteiger partial charge in [0.25, 0.3) is 0 Å². The summed E-state index contributed by atoms with van der Waals surface area (Å²) in [6, 6.07) is 18.3. The largest absolute Gasteiger partial charge is 0.508 e. The number of amides is 1. The van der Waals surface area contributed by atoms with Crippen LogP contribution in [0.25, 0.3) is 0 Å². The van der Waals surface area contributed by atoms with Crippen molar-refractivity contribution in [1.29, 1.82) is 0 Å². The molecular formula is C24H30N2O2.